The van der Waals surface area contributed by atoms with Gasteiger partial charge in [-0.2, -0.15) is 0 Å². The summed E-state index contributed by atoms with van der Waals surface area (Å²) in [6.07, 6.45) is 0.305. The Bertz CT molecular complexity index is 635. The standard InChI is InChI=1S/C21H29NO3/c1-16-5-9-20(10-6-16)25-15-18(23)14-22-21(2,3)13-17-7-11-19(24-4)12-8-17/h5-12,18,22-23H,13-15H2,1-4H3. The van der Waals surface area contributed by atoms with Crippen LogP contribution in [0.5, 0.6) is 11.5 Å². The van der Waals surface area contributed by atoms with E-state index in [4.69, 9.17) is 9.47 Å². The predicted molar refractivity (Wildman–Crippen MR) is 101 cm³/mol. The lowest BCUT2D eigenvalue weighted by Gasteiger charge is -2.28. The summed E-state index contributed by atoms with van der Waals surface area (Å²) in [5.74, 6) is 1.64. The lowest BCUT2D eigenvalue weighted by atomic mass is 9.94. The molecule has 0 heterocycles. The second-order valence-electron chi connectivity index (χ2n) is 7.07. The number of aliphatic hydroxyl groups is 1. The number of hydrogen-bond donors (Lipinski definition) is 2. The third-order valence-electron chi connectivity index (χ3n) is 4.08. The Kier molecular flexibility index (Phi) is 6.85. The van der Waals surface area contributed by atoms with Gasteiger partial charge in [-0.3, -0.25) is 0 Å². The molecular formula is C21H29NO3. The summed E-state index contributed by atoms with van der Waals surface area (Å²) in [5.41, 5.74) is 2.29. The third-order valence-corrected chi connectivity index (χ3v) is 4.08. The molecule has 4 nitrogen and oxygen atoms in total. The predicted octanol–water partition coefficient (Wildman–Crippen LogP) is 3.35. The van der Waals surface area contributed by atoms with Gasteiger partial charge in [0, 0.05) is 12.1 Å². The van der Waals surface area contributed by atoms with Crippen molar-refractivity contribution in [2.45, 2.75) is 38.8 Å². The Balaban J connectivity index is 1.76. The average Bonchev–Trinajstić information content (AvgIpc) is 2.60. The van der Waals surface area contributed by atoms with Crippen molar-refractivity contribution in [3.05, 3.63) is 59.7 Å². The number of ether oxygens (including phenoxy) is 2. The highest BCUT2D eigenvalue weighted by Gasteiger charge is 2.19. The number of methoxy groups -OCH3 is 1. The second-order valence-corrected chi connectivity index (χ2v) is 7.07. The van der Waals surface area contributed by atoms with Gasteiger partial charge in [0.05, 0.1) is 7.11 Å². The first-order valence-electron chi connectivity index (χ1n) is 8.63. The van der Waals surface area contributed by atoms with E-state index in [1.165, 1.54) is 11.1 Å². The number of rotatable bonds is 9. The number of β-amino-alcohol motifs (C(OH)–C–C–N with tert-alkyl or cyclic N) is 1. The summed E-state index contributed by atoms with van der Waals surface area (Å²) in [6.45, 7) is 7.05. The van der Waals surface area contributed by atoms with Crippen molar-refractivity contribution in [3.8, 4) is 11.5 Å². The zero-order valence-corrected chi connectivity index (χ0v) is 15.6. The highest BCUT2D eigenvalue weighted by atomic mass is 16.5. The van der Waals surface area contributed by atoms with Crippen LogP contribution in [0.25, 0.3) is 0 Å². The maximum atomic E-state index is 10.2. The van der Waals surface area contributed by atoms with E-state index in [1.54, 1.807) is 7.11 Å². The van der Waals surface area contributed by atoms with Crippen LogP contribution in [0.2, 0.25) is 0 Å². The van der Waals surface area contributed by atoms with Gasteiger partial charge in [0.2, 0.25) is 0 Å². The van der Waals surface area contributed by atoms with Crippen LogP contribution in [0, 0.1) is 6.92 Å². The summed E-state index contributed by atoms with van der Waals surface area (Å²) >= 11 is 0. The van der Waals surface area contributed by atoms with Crippen LogP contribution in [-0.4, -0.2) is 37.0 Å². The molecule has 0 spiro atoms. The topological polar surface area (TPSA) is 50.7 Å². The van der Waals surface area contributed by atoms with Gasteiger partial charge in [0.15, 0.2) is 0 Å². The van der Waals surface area contributed by atoms with E-state index in [2.05, 4.69) is 31.3 Å². The van der Waals surface area contributed by atoms with Crippen LogP contribution in [0.4, 0.5) is 0 Å². The Morgan fingerprint density at radius 2 is 1.60 bits per heavy atom. The number of aliphatic hydroxyl groups excluding tert-OH is 1. The van der Waals surface area contributed by atoms with E-state index >= 15 is 0 Å². The van der Waals surface area contributed by atoms with Crippen LogP contribution < -0.4 is 14.8 Å². The van der Waals surface area contributed by atoms with Crippen LogP contribution in [-0.2, 0) is 6.42 Å². The molecule has 0 aliphatic heterocycles. The van der Waals surface area contributed by atoms with Crippen molar-refractivity contribution in [2.75, 3.05) is 20.3 Å². The molecule has 1 atom stereocenters. The normalized spacial score (nSPS) is 12.7. The van der Waals surface area contributed by atoms with Gasteiger partial charge in [-0.15, -0.1) is 0 Å². The lowest BCUT2D eigenvalue weighted by Crippen LogP contribution is -2.46. The fourth-order valence-electron chi connectivity index (χ4n) is 2.60. The van der Waals surface area contributed by atoms with E-state index < -0.39 is 6.10 Å². The van der Waals surface area contributed by atoms with Gasteiger partial charge in [0.25, 0.3) is 0 Å². The summed E-state index contributed by atoms with van der Waals surface area (Å²) in [5, 5.41) is 13.6. The van der Waals surface area contributed by atoms with E-state index in [0.717, 1.165) is 17.9 Å². The minimum Gasteiger partial charge on any atom is -0.497 e. The first-order valence-corrected chi connectivity index (χ1v) is 8.63. The average molecular weight is 343 g/mol. The monoisotopic (exact) mass is 343 g/mol. The molecule has 0 saturated carbocycles. The van der Waals surface area contributed by atoms with Crippen LogP contribution in [0.1, 0.15) is 25.0 Å². The minimum atomic E-state index is -0.559. The molecule has 0 amide bonds. The van der Waals surface area contributed by atoms with Gasteiger partial charge in [-0.25, -0.2) is 0 Å². The largest absolute Gasteiger partial charge is 0.497 e. The molecule has 0 saturated heterocycles. The third kappa shape index (κ3) is 6.77. The maximum Gasteiger partial charge on any atom is 0.119 e. The van der Waals surface area contributed by atoms with Crippen molar-refractivity contribution < 1.29 is 14.6 Å². The Labute approximate surface area is 150 Å². The molecule has 0 aliphatic carbocycles. The number of nitrogens with one attached hydrogen (secondary N) is 1. The second kappa shape index (κ2) is 8.88. The van der Waals surface area contributed by atoms with Gasteiger partial charge in [-0.1, -0.05) is 29.8 Å². The van der Waals surface area contributed by atoms with Gasteiger partial charge in [-0.05, 0) is 57.0 Å². The SMILES string of the molecule is COc1ccc(CC(C)(C)NCC(O)COc2ccc(C)cc2)cc1. The highest BCUT2D eigenvalue weighted by molar-refractivity contribution is 5.28. The highest BCUT2D eigenvalue weighted by Crippen LogP contribution is 2.17. The fourth-order valence-corrected chi connectivity index (χ4v) is 2.60. The van der Waals surface area contributed by atoms with Crippen molar-refractivity contribution in [1.29, 1.82) is 0 Å². The zero-order chi connectivity index (χ0) is 18.3. The van der Waals surface area contributed by atoms with Crippen LogP contribution in [0.3, 0.4) is 0 Å². The first kappa shape index (κ1) is 19.3. The summed E-state index contributed by atoms with van der Waals surface area (Å²) in [6, 6.07) is 15.9. The number of hydrogen-bond acceptors (Lipinski definition) is 4. The molecule has 2 N–H and O–H groups in total. The fraction of sp³-hybridized carbons (Fsp3) is 0.429. The maximum absolute atomic E-state index is 10.2. The molecule has 25 heavy (non-hydrogen) atoms. The smallest absolute Gasteiger partial charge is 0.119 e. The molecule has 0 radical (unpaired) electrons. The Hall–Kier alpha value is -2.04. The molecule has 0 fully saturated rings. The Morgan fingerprint density at radius 3 is 2.20 bits per heavy atom. The molecule has 0 aliphatic rings. The van der Waals surface area contributed by atoms with E-state index in [9.17, 15) is 5.11 Å². The molecule has 2 rings (SSSR count). The van der Waals surface area contributed by atoms with Crippen LogP contribution >= 0.6 is 0 Å². The molecule has 0 bridgehead atoms. The quantitative estimate of drug-likeness (QED) is 0.733. The van der Waals surface area contributed by atoms with Gasteiger partial charge >= 0.3 is 0 Å². The summed E-state index contributed by atoms with van der Waals surface area (Å²) in [7, 11) is 1.67. The summed E-state index contributed by atoms with van der Waals surface area (Å²) < 4.78 is 10.8. The first-order chi connectivity index (χ1) is 11.9. The van der Waals surface area contributed by atoms with E-state index in [0.29, 0.717) is 6.54 Å². The van der Waals surface area contributed by atoms with Crippen molar-refractivity contribution in [3.63, 3.8) is 0 Å². The van der Waals surface area contributed by atoms with E-state index in [1.807, 2.05) is 43.3 Å². The lowest BCUT2D eigenvalue weighted by molar-refractivity contribution is 0.0988. The van der Waals surface area contributed by atoms with Gasteiger partial charge in [0.1, 0.15) is 24.2 Å². The van der Waals surface area contributed by atoms with Gasteiger partial charge < -0.3 is 19.9 Å². The Morgan fingerprint density at radius 1 is 1.00 bits per heavy atom. The molecule has 2 aromatic carbocycles. The van der Waals surface area contributed by atoms with Crippen molar-refractivity contribution >= 4 is 0 Å². The van der Waals surface area contributed by atoms with Crippen molar-refractivity contribution in [1.82, 2.24) is 5.32 Å². The minimum absolute atomic E-state index is 0.126. The molecule has 2 aromatic rings. The van der Waals surface area contributed by atoms with Crippen LogP contribution in [0.15, 0.2) is 48.5 Å². The molecule has 0 aromatic heterocycles. The molecule has 1 unspecified atom stereocenters. The van der Waals surface area contributed by atoms with E-state index in [-0.39, 0.29) is 12.1 Å². The molecule has 4 heteroatoms. The molecular weight excluding hydrogens is 314 g/mol. The summed E-state index contributed by atoms with van der Waals surface area (Å²) in [4.78, 5) is 0. The molecule has 136 valence electrons. The zero-order valence-electron chi connectivity index (χ0n) is 15.6. The number of benzene rings is 2. The van der Waals surface area contributed by atoms with Crippen molar-refractivity contribution in [2.24, 2.45) is 0 Å². The number of aryl methyl sites for hydroxylation is 1.